The molecule has 2 amide bonds. The standard InChI is InChI=1S/C25H30F2N2O3/c1-2-32-21-8-5-18(6-9-21)3-4-19-12-15-29(16-13-19)24(30)11-14-28-25(31)22-10-7-20(26)17-23(22)27/h5-10,17,19H,2-4,11-16H2,1H3,(H,28,31). The van der Waals surface area contributed by atoms with Gasteiger partial charge in [0, 0.05) is 32.1 Å². The molecule has 1 N–H and O–H groups in total. The lowest BCUT2D eigenvalue weighted by Gasteiger charge is -2.32. The summed E-state index contributed by atoms with van der Waals surface area (Å²) in [5, 5.41) is 2.53. The molecule has 7 heteroatoms. The lowest BCUT2D eigenvalue weighted by molar-refractivity contribution is -0.132. The predicted molar refractivity (Wildman–Crippen MR) is 119 cm³/mol. The lowest BCUT2D eigenvalue weighted by Crippen LogP contribution is -2.40. The molecule has 1 heterocycles. The van der Waals surface area contributed by atoms with Crippen molar-refractivity contribution in [2.75, 3.05) is 26.2 Å². The minimum atomic E-state index is -0.916. The smallest absolute Gasteiger partial charge is 0.254 e. The van der Waals surface area contributed by atoms with E-state index in [1.807, 2.05) is 24.0 Å². The lowest BCUT2D eigenvalue weighted by atomic mass is 9.90. The van der Waals surface area contributed by atoms with E-state index in [4.69, 9.17) is 4.74 Å². The van der Waals surface area contributed by atoms with Crippen LogP contribution in [0.4, 0.5) is 8.78 Å². The van der Waals surface area contributed by atoms with Crippen LogP contribution >= 0.6 is 0 Å². The maximum absolute atomic E-state index is 13.7. The average Bonchev–Trinajstić information content (AvgIpc) is 2.79. The molecule has 0 unspecified atom stereocenters. The number of hydrogen-bond donors (Lipinski definition) is 1. The number of hydrogen-bond acceptors (Lipinski definition) is 3. The van der Waals surface area contributed by atoms with Gasteiger partial charge >= 0.3 is 0 Å². The summed E-state index contributed by atoms with van der Waals surface area (Å²) >= 11 is 0. The second-order valence-corrected chi connectivity index (χ2v) is 8.07. The average molecular weight is 445 g/mol. The molecule has 1 fully saturated rings. The van der Waals surface area contributed by atoms with Crippen LogP contribution in [0.25, 0.3) is 0 Å². The first-order chi connectivity index (χ1) is 15.5. The van der Waals surface area contributed by atoms with Crippen LogP contribution in [-0.4, -0.2) is 43.0 Å². The molecule has 0 atom stereocenters. The third kappa shape index (κ3) is 6.77. The fraction of sp³-hybridized carbons (Fsp3) is 0.440. The zero-order valence-electron chi connectivity index (χ0n) is 18.4. The van der Waals surface area contributed by atoms with Crippen LogP contribution in [0.15, 0.2) is 42.5 Å². The zero-order chi connectivity index (χ0) is 22.9. The van der Waals surface area contributed by atoms with Crippen LogP contribution in [0.5, 0.6) is 5.75 Å². The number of nitrogens with zero attached hydrogens (tertiary/aromatic N) is 1. The Morgan fingerprint density at radius 2 is 1.81 bits per heavy atom. The van der Waals surface area contributed by atoms with Crippen LogP contribution in [0.2, 0.25) is 0 Å². The van der Waals surface area contributed by atoms with Gasteiger partial charge in [-0.1, -0.05) is 12.1 Å². The molecule has 32 heavy (non-hydrogen) atoms. The number of ether oxygens (including phenoxy) is 1. The Morgan fingerprint density at radius 3 is 2.47 bits per heavy atom. The number of benzene rings is 2. The van der Waals surface area contributed by atoms with Gasteiger partial charge in [-0.3, -0.25) is 9.59 Å². The number of carbonyl (C=O) groups is 2. The van der Waals surface area contributed by atoms with Crippen molar-refractivity contribution in [3.8, 4) is 5.75 Å². The Morgan fingerprint density at radius 1 is 1.09 bits per heavy atom. The first-order valence-electron chi connectivity index (χ1n) is 11.2. The highest BCUT2D eigenvalue weighted by molar-refractivity contribution is 5.94. The summed E-state index contributed by atoms with van der Waals surface area (Å²) in [4.78, 5) is 26.3. The van der Waals surface area contributed by atoms with Crippen molar-refractivity contribution in [1.29, 1.82) is 0 Å². The van der Waals surface area contributed by atoms with E-state index in [1.165, 1.54) is 5.56 Å². The van der Waals surface area contributed by atoms with E-state index in [0.29, 0.717) is 31.7 Å². The van der Waals surface area contributed by atoms with Crippen LogP contribution in [0, 0.1) is 17.6 Å². The summed E-state index contributed by atoms with van der Waals surface area (Å²) < 4.78 is 32.1. The van der Waals surface area contributed by atoms with E-state index in [9.17, 15) is 18.4 Å². The molecule has 2 aromatic carbocycles. The first kappa shape index (κ1) is 23.7. The van der Waals surface area contributed by atoms with Gasteiger partial charge in [0.05, 0.1) is 12.2 Å². The Kier molecular flexibility index (Phi) is 8.59. The van der Waals surface area contributed by atoms with Crippen molar-refractivity contribution in [3.05, 3.63) is 65.2 Å². The summed E-state index contributed by atoms with van der Waals surface area (Å²) in [5.74, 6) is -0.842. The third-order valence-electron chi connectivity index (χ3n) is 5.84. The van der Waals surface area contributed by atoms with E-state index < -0.39 is 17.5 Å². The number of likely N-dealkylation sites (tertiary alicyclic amines) is 1. The molecule has 172 valence electrons. The number of nitrogens with one attached hydrogen (secondary N) is 1. The van der Waals surface area contributed by atoms with Gasteiger partial charge in [0.15, 0.2) is 0 Å². The molecule has 0 saturated carbocycles. The maximum Gasteiger partial charge on any atom is 0.254 e. The van der Waals surface area contributed by atoms with Crippen molar-refractivity contribution < 1.29 is 23.1 Å². The minimum absolute atomic E-state index is 0.0187. The van der Waals surface area contributed by atoms with Gasteiger partial charge in [-0.25, -0.2) is 8.78 Å². The van der Waals surface area contributed by atoms with Crippen molar-refractivity contribution in [1.82, 2.24) is 10.2 Å². The van der Waals surface area contributed by atoms with E-state index in [0.717, 1.165) is 43.6 Å². The first-order valence-corrected chi connectivity index (χ1v) is 11.2. The molecule has 0 aromatic heterocycles. The zero-order valence-corrected chi connectivity index (χ0v) is 18.4. The summed E-state index contributed by atoms with van der Waals surface area (Å²) in [6.07, 6.45) is 4.20. The molecular weight excluding hydrogens is 414 g/mol. The van der Waals surface area contributed by atoms with Gasteiger partial charge < -0.3 is 15.0 Å². The van der Waals surface area contributed by atoms with E-state index in [-0.39, 0.29) is 24.4 Å². The van der Waals surface area contributed by atoms with E-state index >= 15 is 0 Å². The number of aryl methyl sites for hydroxylation is 1. The minimum Gasteiger partial charge on any atom is -0.494 e. The Hall–Kier alpha value is -2.96. The Bertz CT molecular complexity index is 910. The monoisotopic (exact) mass is 444 g/mol. The molecule has 3 rings (SSSR count). The van der Waals surface area contributed by atoms with Crippen LogP contribution in [0.3, 0.4) is 0 Å². The van der Waals surface area contributed by atoms with Gasteiger partial charge in [-0.2, -0.15) is 0 Å². The predicted octanol–water partition coefficient (Wildman–Crippen LogP) is 4.35. The fourth-order valence-corrected chi connectivity index (χ4v) is 3.97. The summed E-state index contributed by atoms with van der Waals surface area (Å²) in [6, 6.07) is 11.0. The molecule has 0 bridgehead atoms. The highest BCUT2D eigenvalue weighted by Crippen LogP contribution is 2.23. The van der Waals surface area contributed by atoms with Crippen LogP contribution < -0.4 is 10.1 Å². The molecule has 0 radical (unpaired) electrons. The topological polar surface area (TPSA) is 58.6 Å². The van der Waals surface area contributed by atoms with Crippen LogP contribution in [-0.2, 0) is 11.2 Å². The number of carbonyl (C=O) groups excluding carboxylic acids is 2. The van der Waals surface area contributed by atoms with Gasteiger partial charge in [-0.05, 0) is 68.4 Å². The molecule has 2 aromatic rings. The molecule has 5 nitrogen and oxygen atoms in total. The normalized spacial score (nSPS) is 14.3. The summed E-state index contributed by atoms with van der Waals surface area (Å²) in [6.45, 7) is 4.18. The number of halogens is 2. The van der Waals surface area contributed by atoms with Gasteiger partial charge in [0.1, 0.15) is 17.4 Å². The maximum atomic E-state index is 13.7. The molecule has 1 aliphatic rings. The second kappa shape index (κ2) is 11.6. The van der Waals surface area contributed by atoms with Gasteiger partial charge in [0.25, 0.3) is 5.91 Å². The quantitative estimate of drug-likeness (QED) is 0.626. The molecular formula is C25H30F2N2O3. The molecule has 0 aliphatic carbocycles. The number of rotatable bonds is 9. The van der Waals surface area contributed by atoms with Crippen LogP contribution in [0.1, 0.15) is 48.5 Å². The molecule has 0 spiro atoms. The van der Waals surface area contributed by atoms with Crippen molar-refractivity contribution in [2.45, 2.75) is 39.0 Å². The van der Waals surface area contributed by atoms with Gasteiger partial charge in [-0.15, -0.1) is 0 Å². The van der Waals surface area contributed by atoms with Crippen molar-refractivity contribution in [2.24, 2.45) is 5.92 Å². The SMILES string of the molecule is CCOc1ccc(CCC2CCN(C(=O)CCNC(=O)c3ccc(F)cc3F)CC2)cc1. The largest absolute Gasteiger partial charge is 0.494 e. The molecule has 1 saturated heterocycles. The summed E-state index contributed by atoms with van der Waals surface area (Å²) in [7, 11) is 0. The second-order valence-electron chi connectivity index (χ2n) is 8.07. The highest BCUT2D eigenvalue weighted by Gasteiger charge is 2.22. The highest BCUT2D eigenvalue weighted by atomic mass is 19.1. The summed E-state index contributed by atoms with van der Waals surface area (Å²) in [5.41, 5.74) is 1.06. The fourth-order valence-electron chi connectivity index (χ4n) is 3.97. The Labute approximate surface area is 187 Å². The van der Waals surface area contributed by atoms with Crippen molar-refractivity contribution in [3.63, 3.8) is 0 Å². The van der Waals surface area contributed by atoms with E-state index in [1.54, 1.807) is 0 Å². The Balaban J connectivity index is 1.34. The van der Waals surface area contributed by atoms with Gasteiger partial charge in [0.2, 0.25) is 5.91 Å². The third-order valence-corrected chi connectivity index (χ3v) is 5.84. The molecule has 1 aliphatic heterocycles. The number of amides is 2. The van der Waals surface area contributed by atoms with Crippen molar-refractivity contribution >= 4 is 11.8 Å². The number of piperidine rings is 1. The van der Waals surface area contributed by atoms with E-state index in [2.05, 4.69) is 17.4 Å².